The van der Waals surface area contributed by atoms with Gasteiger partial charge in [-0.25, -0.2) is 9.18 Å². The van der Waals surface area contributed by atoms with Crippen LogP contribution in [-0.4, -0.2) is 22.7 Å². The third-order valence-corrected chi connectivity index (χ3v) is 2.63. The van der Waals surface area contributed by atoms with Crippen LogP contribution in [0.3, 0.4) is 0 Å². The molecule has 0 saturated carbocycles. The molecule has 0 bridgehead atoms. The van der Waals surface area contributed by atoms with Gasteiger partial charge in [0.1, 0.15) is 5.82 Å². The normalized spacial score (nSPS) is 10.5. The van der Waals surface area contributed by atoms with Crippen molar-refractivity contribution in [3.05, 3.63) is 46.3 Å². The van der Waals surface area contributed by atoms with Gasteiger partial charge in [-0.2, -0.15) is 4.98 Å². The summed E-state index contributed by atoms with van der Waals surface area (Å²) in [6.07, 6.45) is 0.238. The number of benzene rings is 1. The highest BCUT2D eigenvalue weighted by molar-refractivity contribution is 6.31. The largest absolute Gasteiger partial charge is 0.459 e. The highest BCUT2D eigenvalue weighted by atomic mass is 35.5. The zero-order valence-electron chi connectivity index (χ0n) is 10.0. The van der Waals surface area contributed by atoms with Gasteiger partial charge in [0.25, 0.3) is 0 Å². The van der Waals surface area contributed by atoms with E-state index >= 15 is 0 Å². The van der Waals surface area contributed by atoms with Gasteiger partial charge in [-0.15, -0.1) is 0 Å². The number of nitrogens with zero attached hydrogens (tertiary/aromatic N) is 2. The maximum absolute atomic E-state index is 12.9. The first-order valence-electron chi connectivity index (χ1n) is 5.53. The zero-order chi connectivity index (χ0) is 13.8. The fourth-order valence-electron chi connectivity index (χ4n) is 1.44. The summed E-state index contributed by atoms with van der Waals surface area (Å²) in [5.41, 5.74) is 0.638. The Morgan fingerprint density at radius 3 is 3.00 bits per heavy atom. The lowest BCUT2D eigenvalue weighted by Gasteiger charge is -2.00. The van der Waals surface area contributed by atoms with Gasteiger partial charge in [-0.1, -0.05) is 22.8 Å². The van der Waals surface area contributed by atoms with Gasteiger partial charge in [-0.05, 0) is 24.6 Å². The van der Waals surface area contributed by atoms with Gasteiger partial charge in [0.2, 0.25) is 0 Å². The van der Waals surface area contributed by atoms with Crippen molar-refractivity contribution >= 4 is 17.6 Å². The highest BCUT2D eigenvalue weighted by Crippen LogP contribution is 2.19. The Bertz CT molecular complexity index is 600. The molecule has 1 aromatic heterocycles. The average Bonchev–Trinajstić information content (AvgIpc) is 2.82. The molecule has 19 heavy (non-hydrogen) atoms. The van der Waals surface area contributed by atoms with Gasteiger partial charge in [-0.3, -0.25) is 0 Å². The molecule has 0 atom stereocenters. The highest BCUT2D eigenvalue weighted by Gasteiger charge is 2.16. The molecular formula is C12H10ClFN2O3. The number of rotatable bonds is 4. The molecule has 0 amide bonds. The number of hydrogen-bond acceptors (Lipinski definition) is 5. The standard InChI is InChI=1S/C12H10ClFN2O3/c1-2-18-12(17)11-15-10(16-19-11)5-7-3-4-8(14)6-9(7)13/h3-4,6H,2,5H2,1H3. The zero-order valence-corrected chi connectivity index (χ0v) is 10.8. The second-order valence-corrected chi connectivity index (χ2v) is 4.06. The summed E-state index contributed by atoms with van der Waals surface area (Å²) >= 11 is 5.88. The summed E-state index contributed by atoms with van der Waals surface area (Å²) in [5.74, 6) is -1.04. The molecule has 1 heterocycles. The number of carbonyl (C=O) groups excluding carboxylic acids is 1. The maximum atomic E-state index is 12.9. The van der Waals surface area contributed by atoms with E-state index in [1.165, 1.54) is 18.2 Å². The van der Waals surface area contributed by atoms with E-state index in [1.807, 2.05) is 0 Å². The summed E-state index contributed by atoms with van der Waals surface area (Å²) in [7, 11) is 0. The average molecular weight is 285 g/mol. The molecule has 0 spiro atoms. The van der Waals surface area contributed by atoms with Crippen molar-refractivity contribution in [1.82, 2.24) is 10.1 Å². The first-order chi connectivity index (χ1) is 9.10. The van der Waals surface area contributed by atoms with Crippen LogP contribution in [0.4, 0.5) is 4.39 Å². The predicted molar refractivity (Wildman–Crippen MR) is 64.5 cm³/mol. The Kier molecular flexibility index (Phi) is 4.11. The summed E-state index contributed by atoms with van der Waals surface area (Å²) in [6, 6.07) is 4.01. The lowest BCUT2D eigenvalue weighted by atomic mass is 10.1. The number of ether oxygens (including phenoxy) is 1. The summed E-state index contributed by atoms with van der Waals surface area (Å²) in [6.45, 7) is 1.90. The fraction of sp³-hybridized carbons (Fsp3) is 0.250. The second kappa shape index (κ2) is 5.79. The molecule has 0 radical (unpaired) electrons. The van der Waals surface area contributed by atoms with Crippen LogP contribution in [-0.2, 0) is 11.2 Å². The van der Waals surface area contributed by atoms with E-state index in [0.29, 0.717) is 5.56 Å². The van der Waals surface area contributed by atoms with Crippen molar-refractivity contribution in [3.8, 4) is 0 Å². The minimum absolute atomic E-state index is 0.213. The second-order valence-electron chi connectivity index (χ2n) is 3.65. The van der Waals surface area contributed by atoms with Crippen LogP contribution in [0.25, 0.3) is 0 Å². The van der Waals surface area contributed by atoms with Gasteiger partial charge >= 0.3 is 11.9 Å². The van der Waals surface area contributed by atoms with Crippen molar-refractivity contribution in [2.45, 2.75) is 13.3 Å². The molecule has 0 aliphatic heterocycles. The van der Waals surface area contributed by atoms with Crippen LogP contribution >= 0.6 is 11.6 Å². The molecule has 5 nitrogen and oxygen atoms in total. The molecular weight excluding hydrogens is 275 g/mol. The Morgan fingerprint density at radius 2 is 2.32 bits per heavy atom. The lowest BCUT2D eigenvalue weighted by molar-refractivity contribution is 0.0470. The molecule has 0 saturated heterocycles. The quantitative estimate of drug-likeness (QED) is 0.808. The van der Waals surface area contributed by atoms with Crippen LogP contribution < -0.4 is 0 Å². The molecule has 7 heteroatoms. The van der Waals surface area contributed by atoms with Gasteiger partial charge in [0.15, 0.2) is 5.82 Å². The Hall–Kier alpha value is -1.95. The summed E-state index contributed by atoms with van der Waals surface area (Å²) in [5, 5.41) is 3.91. The van der Waals surface area contributed by atoms with Crippen LogP contribution in [0.15, 0.2) is 22.7 Å². The number of esters is 1. The van der Waals surface area contributed by atoms with E-state index in [4.69, 9.17) is 20.9 Å². The Balaban J connectivity index is 2.13. The SMILES string of the molecule is CCOC(=O)c1nc(Cc2ccc(F)cc2Cl)no1. The third-order valence-electron chi connectivity index (χ3n) is 2.28. The summed E-state index contributed by atoms with van der Waals surface area (Å²) in [4.78, 5) is 15.2. The van der Waals surface area contributed by atoms with E-state index in [0.717, 1.165) is 0 Å². The maximum Gasteiger partial charge on any atom is 0.397 e. The van der Waals surface area contributed by atoms with Crippen molar-refractivity contribution < 1.29 is 18.4 Å². The molecule has 2 rings (SSSR count). The van der Waals surface area contributed by atoms with Crippen LogP contribution in [0, 0.1) is 5.82 Å². The smallest absolute Gasteiger partial charge is 0.397 e. The van der Waals surface area contributed by atoms with Crippen LogP contribution in [0.1, 0.15) is 29.0 Å². The molecule has 0 fully saturated rings. The molecule has 2 aromatic rings. The minimum atomic E-state index is -0.675. The van der Waals surface area contributed by atoms with Crippen LogP contribution in [0.5, 0.6) is 0 Å². The van der Waals surface area contributed by atoms with E-state index in [1.54, 1.807) is 6.92 Å². The van der Waals surface area contributed by atoms with E-state index < -0.39 is 11.8 Å². The van der Waals surface area contributed by atoms with Gasteiger partial charge < -0.3 is 9.26 Å². The summed E-state index contributed by atoms with van der Waals surface area (Å²) < 4.78 is 22.4. The van der Waals surface area contributed by atoms with E-state index in [9.17, 15) is 9.18 Å². The monoisotopic (exact) mass is 284 g/mol. The topological polar surface area (TPSA) is 65.2 Å². The molecule has 0 unspecified atom stereocenters. The molecule has 1 aromatic carbocycles. The third kappa shape index (κ3) is 3.29. The lowest BCUT2D eigenvalue weighted by Crippen LogP contribution is -2.05. The van der Waals surface area contributed by atoms with Crippen molar-refractivity contribution in [2.24, 2.45) is 0 Å². The minimum Gasteiger partial charge on any atom is -0.459 e. The first kappa shape index (κ1) is 13.5. The molecule has 0 aliphatic rings. The molecule has 100 valence electrons. The van der Waals surface area contributed by atoms with Gasteiger partial charge in [0, 0.05) is 11.4 Å². The van der Waals surface area contributed by atoms with E-state index in [-0.39, 0.29) is 29.8 Å². The number of aromatic nitrogens is 2. The van der Waals surface area contributed by atoms with Crippen molar-refractivity contribution in [2.75, 3.05) is 6.61 Å². The first-order valence-corrected chi connectivity index (χ1v) is 5.91. The fourth-order valence-corrected chi connectivity index (χ4v) is 1.67. The number of halogens is 2. The predicted octanol–water partition coefficient (Wildman–Crippen LogP) is 2.63. The van der Waals surface area contributed by atoms with Crippen LogP contribution in [0.2, 0.25) is 5.02 Å². The number of hydrogen-bond donors (Lipinski definition) is 0. The molecule has 0 N–H and O–H groups in total. The number of carbonyl (C=O) groups is 1. The Morgan fingerprint density at radius 1 is 1.53 bits per heavy atom. The van der Waals surface area contributed by atoms with E-state index in [2.05, 4.69) is 10.1 Å². The van der Waals surface area contributed by atoms with Crippen molar-refractivity contribution in [3.63, 3.8) is 0 Å². The Labute approximate surface area is 113 Å². The van der Waals surface area contributed by atoms with Gasteiger partial charge in [0.05, 0.1) is 6.61 Å². The molecule has 0 aliphatic carbocycles. The van der Waals surface area contributed by atoms with Crippen molar-refractivity contribution in [1.29, 1.82) is 0 Å².